The number of hydrogen-bond acceptors (Lipinski definition) is 3. The third-order valence-electron chi connectivity index (χ3n) is 6.64. The third kappa shape index (κ3) is 7.79. The number of aromatic nitrogens is 1. The number of carbonyl (C=O) groups is 1. The predicted molar refractivity (Wildman–Crippen MR) is 127 cm³/mol. The van der Waals surface area contributed by atoms with E-state index < -0.39 is 0 Å². The van der Waals surface area contributed by atoms with Gasteiger partial charge in [-0.3, -0.25) is 9.78 Å². The largest absolute Gasteiger partial charge is 0.426 e. The summed E-state index contributed by atoms with van der Waals surface area (Å²) in [6.07, 6.45) is 15.6. The monoisotopic (exact) mass is 421 g/mol. The van der Waals surface area contributed by atoms with Gasteiger partial charge in [0.15, 0.2) is 0 Å². The Hall–Kier alpha value is -2.16. The standard InChI is InChI=1S/C28H39NO2/c1-3-5-6-8-24-12-18-26(29-21-24)17-11-23-13-19-27(20-14-23)31-28(30)25-15-9-22(7-4-2)10-16-25/h12-14,18-22,25H,3-11,15-17H2,1-2H3. The van der Waals surface area contributed by atoms with Crippen LogP contribution >= 0.6 is 0 Å². The second-order valence-electron chi connectivity index (χ2n) is 9.19. The first-order chi connectivity index (χ1) is 15.2. The highest BCUT2D eigenvalue weighted by Gasteiger charge is 2.27. The third-order valence-corrected chi connectivity index (χ3v) is 6.64. The van der Waals surface area contributed by atoms with Crippen LogP contribution in [0, 0.1) is 11.8 Å². The zero-order valence-electron chi connectivity index (χ0n) is 19.4. The number of benzene rings is 1. The van der Waals surface area contributed by atoms with Crippen LogP contribution in [0.4, 0.5) is 0 Å². The van der Waals surface area contributed by atoms with Crippen LogP contribution in [-0.4, -0.2) is 11.0 Å². The number of aryl methyl sites for hydroxylation is 3. The number of pyridine rings is 1. The zero-order valence-corrected chi connectivity index (χ0v) is 19.4. The first-order valence-corrected chi connectivity index (χ1v) is 12.4. The highest BCUT2D eigenvalue weighted by Crippen LogP contribution is 2.32. The Balaban J connectivity index is 1.41. The molecule has 1 aliphatic carbocycles. The lowest BCUT2D eigenvalue weighted by atomic mass is 9.80. The zero-order chi connectivity index (χ0) is 21.9. The van der Waals surface area contributed by atoms with Crippen molar-refractivity contribution < 1.29 is 9.53 Å². The molecule has 0 saturated heterocycles. The second kappa shape index (κ2) is 12.6. The molecule has 0 N–H and O–H groups in total. The molecule has 0 aliphatic heterocycles. The van der Waals surface area contributed by atoms with Gasteiger partial charge in [0.05, 0.1) is 5.92 Å². The second-order valence-corrected chi connectivity index (χ2v) is 9.19. The van der Waals surface area contributed by atoms with E-state index in [1.807, 2.05) is 18.3 Å². The number of rotatable bonds is 11. The Kier molecular flexibility index (Phi) is 9.58. The lowest BCUT2D eigenvalue weighted by molar-refractivity contribution is -0.140. The summed E-state index contributed by atoms with van der Waals surface area (Å²) < 4.78 is 5.67. The number of nitrogens with zero attached hydrogens (tertiary/aromatic N) is 1. The maximum absolute atomic E-state index is 12.5. The summed E-state index contributed by atoms with van der Waals surface area (Å²) in [7, 11) is 0. The van der Waals surface area contributed by atoms with Crippen LogP contribution < -0.4 is 4.74 Å². The highest BCUT2D eigenvalue weighted by molar-refractivity contribution is 5.75. The van der Waals surface area contributed by atoms with Gasteiger partial charge in [-0.1, -0.05) is 57.7 Å². The van der Waals surface area contributed by atoms with Gasteiger partial charge in [-0.2, -0.15) is 0 Å². The Bertz CT molecular complexity index is 774. The Morgan fingerprint density at radius 1 is 0.871 bits per heavy atom. The average molecular weight is 422 g/mol. The Morgan fingerprint density at radius 3 is 2.26 bits per heavy atom. The van der Waals surface area contributed by atoms with Crippen molar-refractivity contribution in [3.8, 4) is 5.75 Å². The van der Waals surface area contributed by atoms with Gasteiger partial charge in [0.1, 0.15) is 5.75 Å². The van der Waals surface area contributed by atoms with E-state index in [1.54, 1.807) is 0 Å². The molecule has 31 heavy (non-hydrogen) atoms. The van der Waals surface area contributed by atoms with Crippen molar-refractivity contribution in [3.63, 3.8) is 0 Å². The van der Waals surface area contributed by atoms with E-state index in [9.17, 15) is 4.79 Å². The number of ether oxygens (including phenoxy) is 1. The van der Waals surface area contributed by atoms with Crippen LogP contribution in [0.15, 0.2) is 42.6 Å². The van der Waals surface area contributed by atoms with Gasteiger partial charge in [-0.15, -0.1) is 0 Å². The van der Waals surface area contributed by atoms with Gasteiger partial charge in [0, 0.05) is 11.9 Å². The summed E-state index contributed by atoms with van der Waals surface area (Å²) in [6.45, 7) is 4.47. The maximum atomic E-state index is 12.5. The number of esters is 1. The topological polar surface area (TPSA) is 39.2 Å². The molecule has 168 valence electrons. The molecule has 3 rings (SSSR count). The molecule has 0 amide bonds. The van der Waals surface area contributed by atoms with Crippen molar-refractivity contribution in [1.29, 1.82) is 0 Å². The first kappa shape index (κ1) is 23.5. The fourth-order valence-electron chi connectivity index (χ4n) is 4.62. The van der Waals surface area contributed by atoms with Crippen molar-refractivity contribution in [1.82, 2.24) is 4.98 Å². The molecule has 1 heterocycles. The van der Waals surface area contributed by atoms with Crippen molar-refractivity contribution in [2.24, 2.45) is 11.8 Å². The molecule has 1 aromatic heterocycles. The van der Waals surface area contributed by atoms with Gasteiger partial charge in [0.25, 0.3) is 0 Å². The molecular formula is C28H39NO2. The highest BCUT2D eigenvalue weighted by atomic mass is 16.5. The summed E-state index contributed by atoms with van der Waals surface area (Å²) in [5.41, 5.74) is 3.71. The smallest absolute Gasteiger partial charge is 0.314 e. The minimum absolute atomic E-state index is 0.0501. The molecule has 1 saturated carbocycles. The van der Waals surface area contributed by atoms with Crippen molar-refractivity contribution in [3.05, 3.63) is 59.4 Å². The quantitative estimate of drug-likeness (QED) is 0.220. The van der Waals surface area contributed by atoms with Crippen LogP contribution in [0.2, 0.25) is 0 Å². The summed E-state index contributed by atoms with van der Waals surface area (Å²) in [6, 6.07) is 12.4. The van der Waals surface area contributed by atoms with Gasteiger partial charge in [-0.25, -0.2) is 0 Å². The van der Waals surface area contributed by atoms with Crippen LogP contribution in [0.3, 0.4) is 0 Å². The fraction of sp³-hybridized carbons (Fsp3) is 0.571. The SMILES string of the molecule is CCCCCc1ccc(CCc2ccc(OC(=O)C3CCC(CCC)CC3)cc2)nc1. The normalized spacial score (nSPS) is 18.6. The summed E-state index contributed by atoms with van der Waals surface area (Å²) in [5.74, 6) is 1.49. The van der Waals surface area contributed by atoms with E-state index in [0.717, 1.165) is 43.7 Å². The first-order valence-electron chi connectivity index (χ1n) is 12.4. The minimum Gasteiger partial charge on any atom is -0.426 e. The molecule has 0 unspecified atom stereocenters. The van der Waals surface area contributed by atoms with E-state index in [1.165, 1.54) is 56.1 Å². The van der Waals surface area contributed by atoms with Gasteiger partial charge < -0.3 is 4.74 Å². The summed E-state index contributed by atoms with van der Waals surface area (Å²) in [4.78, 5) is 17.1. The molecule has 0 spiro atoms. The average Bonchev–Trinajstić information content (AvgIpc) is 2.80. The molecule has 1 aromatic carbocycles. The Labute approximate surface area is 188 Å². The van der Waals surface area contributed by atoms with E-state index in [4.69, 9.17) is 4.74 Å². The van der Waals surface area contributed by atoms with E-state index >= 15 is 0 Å². The lowest BCUT2D eigenvalue weighted by Gasteiger charge is -2.26. The minimum atomic E-state index is -0.0501. The van der Waals surface area contributed by atoms with E-state index in [2.05, 4.69) is 43.1 Å². The summed E-state index contributed by atoms with van der Waals surface area (Å²) >= 11 is 0. The lowest BCUT2D eigenvalue weighted by Crippen LogP contribution is -2.25. The van der Waals surface area contributed by atoms with Crippen LogP contribution in [0.25, 0.3) is 0 Å². The van der Waals surface area contributed by atoms with Gasteiger partial charge >= 0.3 is 5.97 Å². The van der Waals surface area contributed by atoms with E-state index in [-0.39, 0.29) is 11.9 Å². The van der Waals surface area contributed by atoms with E-state index in [0.29, 0.717) is 5.75 Å². The maximum Gasteiger partial charge on any atom is 0.314 e. The molecule has 1 fully saturated rings. The Morgan fingerprint density at radius 2 is 1.61 bits per heavy atom. The number of carbonyl (C=O) groups excluding carboxylic acids is 1. The van der Waals surface area contributed by atoms with Crippen LogP contribution in [0.1, 0.15) is 88.5 Å². The molecular weight excluding hydrogens is 382 g/mol. The van der Waals surface area contributed by atoms with Gasteiger partial charge in [0.2, 0.25) is 0 Å². The molecule has 2 aromatic rings. The van der Waals surface area contributed by atoms with Gasteiger partial charge in [-0.05, 0) is 86.6 Å². The molecule has 3 nitrogen and oxygen atoms in total. The summed E-state index contributed by atoms with van der Waals surface area (Å²) in [5, 5.41) is 0. The molecule has 0 radical (unpaired) electrons. The van der Waals surface area contributed by atoms with Crippen molar-refractivity contribution in [2.75, 3.05) is 0 Å². The predicted octanol–water partition coefficient (Wildman–Crippen LogP) is 7.11. The molecule has 0 atom stereocenters. The number of unbranched alkanes of at least 4 members (excludes halogenated alkanes) is 2. The van der Waals surface area contributed by atoms with Crippen molar-refractivity contribution >= 4 is 5.97 Å². The fourth-order valence-corrected chi connectivity index (χ4v) is 4.62. The van der Waals surface area contributed by atoms with Crippen molar-refractivity contribution in [2.45, 2.75) is 90.9 Å². The van der Waals surface area contributed by atoms with Crippen LogP contribution in [0.5, 0.6) is 5.75 Å². The molecule has 3 heteroatoms. The van der Waals surface area contributed by atoms with Crippen LogP contribution in [-0.2, 0) is 24.1 Å². The molecule has 0 bridgehead atoms. The molecule has 1 aliphatic rings. The number of hydrogen-bond donors (Lipinski definition) is 0.